The minimum Gasteiger partial charge on any atom is -0.493 e. The van der Waals surface area contributed by atoms with Crippen molar-refractivity contribution in [1.82, 2.24) is 9.55 Å². The predicted octanol–water partition coefficient (Wildman–Crippen LogP) is 7.18. The normalized spacial score (nSPS) is 25.1. The van der Waals surface area contributed by atoms with Gasteiger partial charge in [-0.15, -0.1) is 0 Å². The highest BCUT2D eigenvalue weighted by Crippen LogP contribution is 2.78. The first-order valence-electron chi connectivity index (χ1n) is 11.1. The molecule has 3 nitrogen and oxygen atoms in total. The second-order valence-corrected chi connectivity index (χ2v) is 11.3. The predicted molar refractivity (Wildman–Crippen MR) is 126 cm³/mol. The molecule has 3 aliphatic carbocycles. The zero-order chi connectivity index (χ0) is 21.1. The van der Waals surface area contributed by atoms with Gasteiger partial charge in [0.1, 0.15) is 5.75 Å². The minimum absolute atomic E-state index is 0.316. The molecule has 3 aliphatic rings. The van der Waals surface area contributed by atoms with E-state index < -0.39 is 0 Å². The molecule has 3 aromatic rings. The number of aryl methyl sites for hydroxylation is 2. The van der Waals surface area contributed by atoms with Crippen LogP contribution in [0.15, 0.2) is 47.2 Å². The maximum Gasteiger partial charge on any atom is 0.122 e. The Morgan fingerprint density at radius 3 is 2.67 bits per heavy atom. The van der Waals surface area contributed by atoms with Crippen LogP contribution in [0.25, 0.3) is 11.0 Å². The van der Waals surface area contributed by atoms with Gasteiger partial charge in [0.2, 0.25) is 0 Å². The van der Waals surface area contributed by atoms with Crippen LogP contribution >= 0.6 is 15.9 Å². The summed E-state index contributed by atoms with van der Waals surface area (Å²) in [4.78, 5) is 4.56. The molecule has 6 rings (SSSR count). The lowest BCUT2D eigenvalue weighted by molar-refractivity contribution is -0.249. The highest BCUT2D eigenvalue weighted by molar-refractivity contribution is 9.10. The van der Waals surface area contributed by atoms with Crippen LogP contribution in [0, 0.1) is 24.7 Å². The zero-order valence-corrected chi connectivity index (χ0v) is 20.1. The number of aromatic nitrogens is 2. The summed E-state index contributed by atoms with van der Waals surface area (Å²) in [5.41, 5.74) is 5.99. The van der Waals surface area contributed by atoms with E-state index in [1.165, 1.54) is 42.3 Å². The topological polar surface area (TPSA) is 27.1 Å². The Morgan fingerprint density at radius 2 is 1.90 bits per heavy atom. The number of ether oxygens (including phenoxy) is 1. The van der Waals surface area contributed by atoms with Crippen molar-refractivity contribution in [2.75, 3.05) is 6.61 Å². The van der Waals surface area contributed by atoms with Crippen molar-refractivity contribution in [2.24, 2.45) is 10.8 Å². The molecule has 1 aromatic carbocycles. The molecule has 0 N–H and O–H groups in total. The maximum absolute atomic E-state index is 6.11. The van der Waals surface area contributed by atoms with Gasteiger partial charge >= 0.3 is 0 Å². The van der Waals surface area contributed by atoms with Crippen LogP contribution in [0.1, 0.15) is 57.1 Å². The summed E-state index contributed by atoms with van der Waals surface area (Å²) in [7, 11) is 0. The number of fused-ring (bicyclic) bond motifs is 1. The highest BCUT2D eigenvalue weighted by Gasteiger charge is 2.73. The van der Waals surface area contributed by atoms with Gasteiger partial charge in [0.05, 0.1) is 17.6 Å². The third-order valence-corrected chi connectivity index (χ3v) is 8.44. The van der Waals surface area contributed by atoms with E-state index in [9.17, 15) is 0 Å². The van der Waals surface area contributed by atoms with Crippen molar-refractivity contribution in [3.8, 4) is 5.75 Å². The number of nitrogens with zero attached hydrogens (tertiary/aromatic N) is 2. The summed E-state index contributed by atoms with van der Waals surface area (Å²) in [6.45, 7) is 9.99. The van der Waals surface area contributed by atoms with Gasteiger partial charge in [0.25, 0.3) is 0 Å². The van der Waals surface area contributed by atoms with E-state index in [1.807, 2.05) is 6.20 Å². The van der Waals surface area contributed by atoms with Gasteiger partial charge in [-0.25, -0.2) is 0 Å². The molecule has 0 aliphatic heterocycles. The number of benzene rings is 1. The molecule has 2 aromatic heterocycles. The third kappa shape index (κ3) is 3.02. The molecule has 0 amide bonds. The summed E-state index contributed by atoms with van der Waals surface area (Å²) in [6, 6.07) is 10.8. The average molecular weight is 467 g/mol. The Morgan fingerprint density at radius 1 is 1.13 bits per heavy atom. The van der Waals surface area contributed by atoms with Crippen molar-refractivity contribution >= 4 is 27.0 Å². The lowest BCUT2D eigenvalue weighted by Gasteiger charge is -2.76. The second-order valence-electron chi connectivity index (χ2n) is 10.4. The van der Waals surface area contributed by atoms with Gasteiger partial charge in [0.15, 0.2) is 0 Å². The van der Waals surface area contributed by atoms with Gasteiger partial charge in [-0.2, -0.15) is 0 Å². The minimum atomic E-state index is 0.316. The van der Waals surface area contributed by atoms with E-state index in [1.54, 1.807) is 0 Å². The van der Waals surface area contributed by atoms with E-state index in [2.05, 4.69) is 89.7 Å². The lowest BCUT2D eigenvalue weighted by Crippen LogP contribution is -2.72. The Balaban J connectivity index is 1.20. The van der Waals surface area contributed by atoms with Crippen molar-refractivity contribution in [2.45, 2.75) is 65.3 Å². The first-order chi connectivity index (χ1) is 14.2. The quantitative estimate of drug-likeness (QED) is 0.344. The standard InChI is InChI=1S/C26H31BrN2O/c1-18-6-7-19(2)23(12-18)30-11-5-9-24(3,4)25-15-26(16-25,17-25)29-10-8-21-22(29)13-20(27)14-28-21/h6-8,10,12-14H,5,9,11,15-17H2,1-4H3. The summed E-state index contributed by atoms with van der Waals surface area (Å²) in [6.07, 6.45) is 10.3. The van der Waals surface area contributed by atoms with Crippen LogP contribution in [0.5, 0.6) is 5.75 Å². The SMILES string of the molecule is Cc1ccc(C)c(OCCCC(C)(C)C23CC(n4ccc5ncc(Br)cc54)(C2)C3)c1. The van der Waals surface area contributed by atoms with Crippen molar-refractivity contribution in [3.05, 3.63) is 58.3 Å². The maximum atomic E-state index is 6.11. The number of hydrogen-bond acceptors (Lipinski definition) is 2. The molecule has 3 fully saturated rings. The fraction of sp³-hybridized carbons (Fsp3) is 0.500. The van der Waals surface area contributed by atoms with Crippen LogP contribution in [0.3, 0.4) is 0 Å². The van der Waals surface area contributed by atoms with Gasteiger partial charge in [-0.3, -0.25) is 4.98 Å². The molecule has 30 heavy (non-hydrogen) atoms. The smallest absolute Gasteiger partial charge is 0.122 e. The Hall–Kier alpha value is -1.81. The van der Waals surface area contributed by atoms with E-state index in [0.717, 1.165) is 28.8 Å². The molecule has 2 heterocycles. The molecule has 0 radical (unpaired) electrons. The summed E-state index contributed by atoms with van der Waals surface area (Å²) >= 11 is 3.59. The molecular weight excluding hydrogens is 436 g/mol. The summed E-state index contributed by atoms with van der Waals surface area (Å²) in [5.74, 6) is 1.04. The van der Waals surface area contributed by atoms with Crippen LogP contribution in [-0.2, 0) is 5.54 Å². The largest absolute Gasteiger partial charge is 0.493 e. The molecule has 0 atom stereocenters. The lowest BCUT2D eigenvalue weighted by atomic mass is 9.32. The number of pyridine rings is 1. The average Bonchev–Trinajstić information content (AvgIpc) is 3.02. The first kappa shape index (κ1) is 20.1. The summed E-state index contributed by atoms with van der Waals surface area (Å²) in [5, 5.41) is 0. The first-order valence-corrected chi connectivity index (χ1v) is 11.9. The van der Waals surface area contributed by atoms with Gasteiger partial charge < -0.3 is 9.30 Å². The molecule has 0 spiro atoms. The molecule has 4 heteroatoms. The molecule has 2 bridgehead atoms. The van der Waals surface area contributed by atoms with Crippen molar-refractivity contribution < 1.29 is 4.74 Å². The number of hydrogen-bond donors (Lipinski definition) is 0. The van der Waals surface area contributed by atoms with Gasteiger partial charge in [-0.05, 0) is 102 Å². The summed E-state index contributed by atoms with van der Waals surface area (Å²) < 4.78 is 9.67. The van der Waals surface area contributed by atoms with Gasteiger partial charge in [-0.1, -0.05) is 26.0 Å². The second kappa shape index (κ2) is 6.85. The van der Waals surface area contributed by atoms with Gasteiger partial charge in [0, 0.05) is 22.4 Å². The molecule has 0 saturated heterocycles. The van der Waals surface area contributed by atoms with Crippen molar-refractivity contribution in [1.29, 1.82) is 0 Å². The Bertz CT molecular complexity index is 1090. The van der Waals surface area contributed by atoms with E-state index in [0.29, 0.717) is 16.4 Å². The van der Waals surface area contributed by atoms with Crippen LogP contribution in [-0.4, -0.2) is 16.2 Å². The van der Waals surface area contributed by atoms with E-state index in [4.69, 9.17) is 4.74 Å². The fourth-order valence-electron chi connectivity index (χ4n) is 5.93. The third-order valence-electron chi connectivity index (χ3n) is 8.00. The molecule has 0 unspecified atom stereocenters. The van der Waals surface area contributed by atoms with Crippen LogP contribution < -0.4 is 4.74 Å². The molecular formula is C26H31BrN2O. The highest BCUT2D eigenvalue weighted by atomic mass is 79.9. The Labute approximate surface area is 188 Å². The zero-order valence-electron chi connectivity index (χ0n) is 18.5. The van der Waals surface area contributed by atoms with E-state index in [-0.39, 0.29) is 0 Å². The van der Waals surface area contributed by atoms with E-state index >= 15 is 0 Å². The monoisotopic (exact) mass is 466 g/mol. The number of halogens is 1. The van der Waals surface area contributed by atoms with Crippen LogP contribution in [0.4, 0.5) is 0 Å². The Kier molecular flexibility index (Phi) is 4.59. The molecule has 158 valence electrons. The van der Waals surface area contributed by atoms with Crippen molar-refractivity contribution in [3.63, 3.8) is 0 Å². The number of rotatable bonds is 7. The molecule has 3 saturated carbocycles. The van der Waals surface area contributed by atoms with Crippen LogP contribution in [0.2, 0.25) is 0 Å². The fourth-order valence-corrected chi connectivity index (χ4v) is 6.25.